The third-order valence-electron chi connectivity index (χ3n) is 0.944. The van der Waals surface area contributed by atoms with Crippen LogP contribution in [-0.2, 0) is 28.6 Å². The van der Waals surface area contributed by atoms with Gasteiger partial charge in [-0.2, -0.15) is 16.8 Å². The number of hydrogen-bond donors (Lipinski definition) is 0. The van der Waals surface area contributed by atoms with Crippen LogP contribution in [0.5, 0.6) is 0 Å². The molecule has 1 saturated heterocycles. The lowest BCUT2D eigenvalue weighted by Crippen LogP contribution is -2.42. The van der Waals surface area contributed by atoms with Crippen molar-refractivity contribution in [2.24, 2.45) is 0 Å². The zero-order valence-corrected chi connectivity index (χ0v) is 8.11. The molecule has 0 aliphatic carbocycles. The molecule has 0 atom stereocenters. The van der Waals surface area contributed by atoms with E-state index in [2.05, 4.69) is 8.37 Å². The second-order valence-corrected chi connectivity index (χ2v) is 6.31. The van der Waals surface area contributed by atoms with Crippen molar-refractivity contribution >= 4 is 20.2 Å². The van der Waals surface area contributed by atoms with Gasteiger partial charge in [0.2, 0.25) is 5.08 Å². The van der Waals surface area contributed by atoms with Crippen LogP contribution in [0, 0.1) is 0 Å². The van der Waals surface area contributed by atoms with Crippen molar-refractivity contribution in [3.8, 4) is 0 Å². The quantitative estimate of drug-likeness (QED) is 0.502. The molecule has 1 aliphatic heterocycles. The lowest BCUT2D eigenvalue weighted by atomic mass is 10.4. The summed E-state index contributed by atoms with van der Waals surface area (Å²) in [5.41, 5.74) is 0. The maximum absolute atomic E-state index is 10.8. The van der Waals surface area contributed by atoms with E-state index in [1.54, 1.807) is 0 Å². The highest BCUT2D eigenvalue weighted by molar-refractivity contribution is 8.04. The van der Waals surface area contributed by atoms with Gasteiger partial charge in [-0.3, -0.25) is 0 Å². The molecule has 0 amide bonds. The zero-order valence-electron chi connectivity index (χ0n) is 6.47. The Kier molecular flexibility index (Phi) is 1.99. The molecule has 0 spiro atoms. The number of hydrogen-bond acceptors (Lipinski definition) is 6. The van der Waals surface area contributed by atoms with E-state index < -0.39 is 31.1 Å². The molecule has 0 bridgehead atoms. The van der Waals surface area contributed by atoms with Crippen LogP contribution in [0.3, 0.4) is 0 Å². The molecular formula is C4H8O6S2. The third-order valence-corrected chi connectivity index (χ3v) is 4.56. The second kappa shape index (κ2) is 2.41. The van der Waals surface area contributed by atoms with Crippen molar-refractivity contribution < 1.29 is 25.2 Å². The molecule has 1 fully saturated rings. The highest BCUT2D eigenvalue weighted by atomic mass is 32.3. The van der Waals surface area contributed by atoms with Gasteiger partial charge in [-0.1, -0.05) is 0 Å². The summed E-state index contributed by atoms with van der Waals surface area (Å²) in [6.07, 6.45) is 0. The van der Waals surface area contributed by atoms with Crippen molar-refractivity contribution in [3.63, 3.8) is 0 Å². The predicted molar refractivity (Wildman–Crippen MR) is 39.0 cm³/mol. The number of rotatable bonds is 0. The largest absolute Gasteiger partial charge is 0.287 e. The van der Waals surface area contributed by atoms with Crippen molar-refractivity contribution in [1.82, 2.24) is 0 Å². The molecule has 72 valence electrons. The van der Waals surface area contributed by atoms with Crippen LogP contribution in [0.4, 0.5) is 0 Å². The van der Waals surface area contributed by atoms with Gasteiger partial charge < -0.3 is 0 Å². The first-order valence-corrected chi connectivity index (χ1v) is 6.14. The van der Waals surface area contributed by atoms with Gasteiger partial charge in [-0.05, 0) is 13.8 Å². The predicted octanol–water partition coefficient (Wildman–Crippen LogP) is -0.614. The highest BCUT2D eigenvalue weighted by Crippen LogP contribution is 2.25. The molecule has 0 unspecified atom stereocenters. The van der Waals surface area contributed by atoms with Gasteiger partial charge >= 0.3 is 0 Å². The van der Waals surface area contributed by atoms with E-state index in [0.717, 1.165) is 0 Å². The Morgan fingerprint density at radius 1 is 1.00 bits per heavy atom. The first-order chi connectivity index (χ1) is 5.12. The topological polar surface area (TPSA) is 86.7 Å². The van der Waals surface area contributed by atoms with Crippen LogP contribution in [0.1, 0.15) is 13.8 Å². The van der Waals surface area contributed by atoms with Gasteiger partial charge in [0, 0.05) is 0 Å². The van der Waals surface area contributed by atoms with E-state index in [1.807, 2.05) is 0 Å². The van der Waals surface area contributed by atoms with Crippen LogP contribution in [0.25, 0.3) is 0 Å². The molecule has 0 radical (unpaired) electrons. The molecule has 0 aromatic carbocycles. The van der Waals surface area contributed by atoms with Gasteiger partial charge in [0.15, 0.2) is 5.79 Å². The monoisotopic (exact) mass is 216 g/mol. The summed E-state index contributed by atoms with van der Waals surface area (Å²) in [7, 11) is -8.02. The fourth-order valence-electron chi connectivity index (χ4n) is 0.850. The molecule has 1 heterocycles. The molecule has 0 N–H and O–H groups in total. The van der Waals surface area contributed by atoms with Crippen molar-refractivity contribution in [2.75, 3.05) is 5.08 Å². The molecule has 1 rings (SSSR count). The van der Waals surface area contributed by atoms with Crippen LogP contribution in [-0.4, -0.2) is 27.7 Å². The summed E-state index contributed by atoms with van der Waals surface area (Å²) in [4.78, 5) is 0. The molecule has 0 saturated carbocycles. The fraction of sp³-hybridized carbons (Fsp3) is 1.00. The van der Waals surface area contributed by atoms with Crippen molar-refractivity contribution in [1.29, 1.82) is 0 Å². The summed E-state index contributed by atoms with van der Waals surface area (Å²) in [5.74, 6) is -1.63. The minimum absolute atomic E-state index is 1.12. The average Bonchev–Trinajstić information content (AvgIpc) is 1.44. The van der Waals surface area contributed by atoms with Crippen LogP contribution < -0.4 is 0 Å². The SMILES string of the molecule is CC1(C)OS(=O)(=O)CS(=O)(=O)O1. The molecule has 6 nitrogen and oxygen atoms in total. The summed E-state index contributed by atoms with van der Waals surface area (Å²) in [5, 5.41) is -1.12. The van der Waals surface area contributed by atoms with Gasteiger partial charge in [-0.15, -0.1) is 0 Å². The molecule has 1 aliphatic rings. The van der Waals surface area contributed by atoms with E-state index >= 15 is 0 Å². The lowest BCUT2D eigenvalue weighted by Gasteiger charge is -2.27. The zero-order chi connectivity index (χ0) is 9.62. The maximum atomic E-state index is 10.8. The Labute approximate surface area is 70.7 Å². The Bertz CT molecular complexity index is 338. The first kappa shape index (κ1) is 9.90. The molecular weight excluding hydrogens is 208 g/mol. The van der Waals surface area contributed by atoms with E-state index in [0.29, 0.717) is 0 Å². The van der Waals surface area contributed by atoms with Gasteiger partial charge in [0.1, 0.15) is 0 Å². The van der Waals surface area contributed by atoms with Crippen LogP contribution >= 0.6 is 0 Å². The minimum atomic E-state index is -4.01. The summed E-state index contributed by atoms with van der Waals surface area (Å²) < 4.78 is 51.9. The fourth-order valence-corrected chi connectivity index (χ4v) is 3.98. The van der Waals surface area contributed by atoms with Crippen molar-refractivity contribution in [3.05, 3.63) is 0 Å². The maximum Gasteiger partial charge on any atom is 0.287 e. The second-order valence-electron chi connectivity index (χ2n) is 2.80. The van der Waals surface area contributed by atoms with Crippen LogP contribution in [0.15, 0.2) is 0 Å². The van der Waals surface area contributed by atoms with Gasteiger partial charge in [0.25, 0.3) is 20.2 Å². The Morgan fingerprint density at radius 3 is 1.58 bits per heavy atom. The average molecular weight is 216 g/mol. The Balaban J connectivity index is 3.14. The lowest BCUT2D eigenvalue weighted by molar-refractivity contribution is -0.0757. The summed E-state index contributed by atoms with van der Waals surface area (Å²) in [6, 6.07) is 0. The Morgan fingerprint density at radius 2 is 1.33 bits per heavy atom. The normalized spacial score (nSPS) is 31.2. The molecule has 0 aromatic heterocycles. The smallest absolute Gasteiger partial charge is 0.234 e. The van der Waals surface area contributed by atoms with E-state index in [1.165, 1.54) is 13.8 Å². The molecule has 0 aromatic rings. The van der Waals surface area contributed by atoms with Gasteiger partial charge in [0.05, 0.1) is 0 Å². The van der Waals surface area contributed by atoms with Crippen LogP contribution in [0.2, 0.25) is 0 Å². The van der Waals surface area contributed by atoms with E-state index in [-0.39, 0.29) is 0 Å². The third kappa shape index (κ3) is 2.41. The Hall–Kier alpha value is -0.180. The minimum Gasteiger partial charge on any atom is -0.234 e. The first-order valence-electron chi connectivity index (χ1n) is 2.99. The van der Waals surface area contributed by atoms with E-state index in [4.69, 9.17) is 0 Å². The molecule has 8 heteroatoms. The standard InChI is InChI=1S/C4H8O6S2/c1-4(2)9-11(5,6)3-12(7,8)10-4/h3H2,1-2H3. The summed E-state index contributed by atoms with van der Waals surface area (Å²) in [6.45, 7) is 2.42. The van der Waals surface area contributed by atoms with Gasteiger partial charge in [-0.25, -0.2) is 8.37 Å². The van der Waals surface area contributed by atoms with Crippen molar-refractivity contribution in [2.45, 2.75) is 19.6 Å². The summed E-state index contributed by atoms with van der Waals surface area (Å²) >= 11 is 0. The highest BCUT2D eigenvalue weighted by Gasteiger charge is 2.42. The van der Waals surface area contributed by atoms with E-state index in [9.17, 15) is 16.8 Å². The molecule has 12 heavy (non-hydrogen) atoms.